The van der Waals surface area contributed by atoms with Crippen molar-refractivity contribution in [3.05, 3.63) is 28.8 Å². The van der Waals surface area contributed by atoms with Gasteiger partial charge in [-0.1, -0.05) is 37.9 Å². The molecule has 1 aromatic carbocycles. The van der Waals surface area contributed by atoms with Crippen LogP contribution < -0.4 is 4.90 Å². The highest BCUT2D eigenvalue weighted by molar-refractivity contribution is 6.31. The Morgan fingerprint density at radius 3 is 2.42 bits per heavy atom. The minimum Gasteiger partial charge on any atom is -0.327 e. The maximum absolute atomic E-state index is 13.9. The van der Waals surface area contributed by atoms with Gasteiger partial charge in [0.1, 0.15) is 0 Å². The van der Waals surface area contributed by atoms with E-state index >= 15 is 0 Å². The Morgan fingerprint density at radius 2 is 1.79 bits per heavy atom. The van der Waals surface area contributed by atoms with E-state index in [1.54, 1.807) is 0 Å². The van der Waals surface area contributed by atoms with Crippen molar-refractivity contribution in [1.29, 1.82) is 0 Å². The molecule has 3 aliphatic rings. The van der Waals surface area contributed by atoms with E-state index in [0.29, 0.717) is 36.6 Å². The van der Waals surface area contributed by atoms with Crippen LogP contribution in [0.4, 0.5) is 5.69 Å². The van der Waals surface area contributed by atoms with Crippen LogP contribution >= 0.6 is 11.6 Å². The quantitative estimate of drug-likeness (QED) is 0.504. The summed E-state index contributed by atoms with van der Waals surface area (Å²) in [6.07, 6.45) is 10.1. The lowest BCUT2D eigenvalue weighted by molar-refractivity contribution is -0.147. The Bertz CT molecular complexity index is 844. The van der Waals surface area contributed by atoms with E-state index < -0.39 is 0 Å². The summed E-state index contributed by atoms with van der Waals surface area (Å²) in [5, 5.41) is 0.698. The molecule has 0 radical (unpaired) electrons. The molecule has 0 aliphatic carbocycles. The van der Waals surface area contributed by atoms with E-state index in [-0.39, 0.29) is 23.9 Å². The molecule has 5 nitrogen and oxygen atoms in total. The average molecular weight is 474 g/mol. The molecule has 3 heterocycles. The molecule has 0 N–H and O–H groups in total. The van der Waals surface area contributed by atoms with Gasteiger partial charge in [-0.2, -0.15) is 0 Å². The molecular formula is C27H40ClN3O2. The lowest BCUT2D eigenvalue weighted by Crippen LogP contribution is -2.60. The number of rotatable bonds is 7. The summed E-state index contributed by atoms with van der Waals surface area (Å²) in [6, 6.07) is 7.07. The number of carbonyl (C=O) groups is 2. The second-order valence-electron chi connectivity index (χ2n) is 10.2. The predicted molar refractivity (Wildman–Crippen MR) is 134 cm³/mol. The van der Waals surface area contributed by atoms with Gasteiger partial charge in [0.15, 0.2) is 0 Å². The monoisotopic (exact) mass is 473 g/mol. The maximum atomic E-state index is 13.9. The van der Waals surface area contributed by atoms with Crippen molar-refractivity contribution < 1.29 is 9.59 Å². The number of hydrogen-bond acceptors (Lipinski definition) is 3. The smallest absolute Gasteiger partial charge is 0.230 e. The molecular weight excluding hydrogens is 434 g/mol. The van der Waals surface area contributed by atoms with E-state index in [1.807, 2.05) is 30.0 Å². The molecule has 0 saturated carbocycles. The van der Waals surface area contributed by atoms with Crippen LogP contribution in [0.3, 0.4) is 0 Å². The lowest BCUT2D eigenvalue weighted by atomic mass is 9.89. The fraction of sp³-hybridized carbons (Fsp3) is 0.704. The van der Waals surface area contributed by atoms with Crippen LogP contribution in [0.2, 0.25) is 5.02 Å². The number of anilines is 1. The number of likely N-dealkylation sites (tertiary alicyclic amines) is 1. The summed E-state index contributed by atoms with van der Waals surface area (Å²) in [6.45, 7) is 7.54. The molecule has 3 aliphatic heterocycles. The summed E-state index contributed by atoms with van der Waals surface area (Å²) in [5.74, 6) is 0.386. The Labute approximate surface area is 204 Å². The Morgan fingerprint density at radius 1 is 1.06 bits per heavy atom. The van der Waals surface area contributed by atoms with Crippen molar-refractivity contribution in [2.75, 3.05) is 18.0 Å². The molecule has 4 rings (SSSR count). The second kappa shape index (κ2) is 10.8. The molecule has 182 valence electrons. The normalized spacial score (nSPS) is 27.6. The minimum atomic E-state index is -0.0615. The zero-order chi connectivity index (χ0) is 23.5. The fourth-order valence-corrected chi connectivity index (χ4v) is 6.48. The van der Waals surface area contributed by atoms with Gasteiger partial charge in [-0.15, -0.1) is 0 Å². The van der Waals surface area contributed by atoms with Crippen LogP contribution in [0.25, 0.3) is 0 Å². The Kier molecular flexibility index (Phi) is 8.01. The van der Waals surface area contributed by atoms with Crippen LogP contribution in [-0.2, 0) is 9.59 Å². The number of piperidine rings is 2. The molecule has 0 aromatic heterocycles. The number of hydrogen-bond donors (Lipinski definition) is 0. The van der Waals surface area contributed by atoms with Crippen LogP contribution in [0.15, 0.2) is 18.2 Å². The zero-order valence-corrected chi connectivity index (χ0v) is 21.3. The molecule has 4 atom stereocenters. The number of fused-ring (bicyclic) bond motifs is 2. The summed E-state index contributed by atoms with van der Waals surface area (Å²) < 4.78 is 0. The third kappa shape index (κ3) is 5.09. The Balaban J connectivity index is 1.58. The van der Waals surface area contributed by atoms with Gasteiger partial charge in [-0.05, 0) is 76.0 Å². The largest absolute Gasteiger partial charge is 0.327 e. The molecule has 4 unspecified atom stereocenters. The lowest BCUT2D eigenvalue weighted by Gasteiger charge is -2.49. The molecule has 1 aromatic rings. The molecule has 6 heteroatoms. The first-order valence-corrected chi connectivity index (χ1v) is 13.5. The van der Waals surface area contributed by atoms with Crippen LogP contribution in [0, 0.1) is 12.8 Å². The summed E-state index contributed by atoms with van der Waals surface area (Å²) in [7, 11) is 0. The molecule has 0 spiro atoms. The van der Waals surface area contributed by atoms with Gasteiger partial charge in [0.05, 0.1) is 6.17 Å². The van der Waals surface area contributed by atoms with Crippen LogP contribution in [-0.4, -0.2) is 53.0 Å². The highest BCUT2D eigenvalue weighted by Crippen LogP contribution is 2.41. The second-order valence-corrected chi connectivity index (χ2v) is 10.6. The van der Waals surface area contributed by atoms with Crippen molar-refractivity contribution >= 4 is 29.1 Å². The number of carbonyl (C=O) groups excluding carboxylic acids is 2. The van der Waals surface area contributed by atoms with E-state index in [2.05, 4.69) is 23.6 Å². The predicted octanol–water partition coefficient (Wildman–Crippen LogP) is 5.77. The van der Waals surface area contributed by atoms with Crippen molar-refractivity contribution in [2.24, 2.45) is 5.92 Å². The topological polar surface area (TPSA) is 43.9 Å². The highest BCUT2D eigenvalue weighted by Gasteiger charge is 2.46. The third-order valence-corrected chi connectivity index (χ3v) is 8.39. The first-order valence-electron chi connectivity index (χ1n) is 13.1. The summed E-state index contributed by atoms with van der Waals surface area (Å²) >= 11 is 6.41. The number of amides is 2. The third-order valence-electron chi connectivity index (χ3n) is 7.98. The molecule has 33 heavy (non-hydrogen) atoms. The fourth-order valence-electron chi connectivity index (χ4n) is 6.30. The van der Waals surface area contributed by atoms with Crippen LogP contribution in [0.1, 0.15) is 83.6 Å². The van der Waals surface area contributed by atoms with E-state index in [0.717, 1.165) is 36.9 Å². The van der Waals surface area contributed by atoms with E-state index in [4.69, 9.17) is 11.6 Å². The summed E-state index contributed by atoms with van der Waals surface area (Å²) in [5.41, 5.74) is 1.91. The van der Waals surface area contributed by atoms with Gasteiger partial charge < -0.3 is 9.80 Å². The zero-order valence-electron chi connectivity index (χ0n) is 20.6. The highest BCUT2D eigenvalue weighted by atomic mass is 35.5. The molecule has 3 fully saturated rings. The average Bonchev–Trinajstić information content (AvgIpc) is 3.06. The molecule has 2 amide bonds. The number of halogens is 1. The van der Waals surface area contributed by atoms with Gasteiger partial charge in [-0.25, -0.2) is 0 Å². The van der Waals surface area contributed by atoms with Gasteiger partial charge in [-0.3, -0.25) is 14.5 Å². The van der Waals surface area contributed by atoms with Gasteiger partial charge in [0.2, 0.25) is 11.8 Å². The van der Waals surface area contributed by atoms with Gasteiger partial charge in [0, 0.05) is 48.2 Å². The van der Waals surface area contributed by atoms with Crippen molar-refractivity contribution in [2.45, 2.75) is 103 Å². The van der Waals surface area contributed by atoms with Gasteiger partial charge in [0.25, 0.3) is 0 Å². The first-order chi connectivity index (χ1) is 15.9. The number of aryl methyl sites for hydroxylation is 1. The maximum Gasteiger partial charge on any atom is 0.230 e. The molecule has 2 bridgehead atoms. The van der Waals surface area contributed by atoms with E-state index in [1.165, 1.54) is 32.1 Å². The standard InChI is InChI=1S/C27H40ClN3O2/c1-4-7-26(32)30-16-14-20(17-25(30)31-21-8-6-9-22(31)13-12-21)27(33)29(15-5-2)23-11-10-19(3)24(28)18-23/h10-11,18,20-22,25H,4-9,12-17H2,1-3H3. The van der Waals surface area contributed by atoms with Gasteiger partial charge >= 0.3 is 0 Å². The SMILES string of the molecule is CCCC(=O)N1CCC(C(=O)N(CCC)c2ccc(C)c(Cl)c2)CC1N1C2CCCC1CC2. The number of nitrogens with zero attached hydrogens (tertiary/aromatic N) is 3. The Hall–Kier alpha value is -1.59. The van der Waals surface area contributed by atoms with Crippen LogP contribution in [0.5, 0.6) is 0 Å². The molecule has 3 saturated heterocycles. The number of benzene rings is 1. The van der Waals surface area contributed by atoms with Crippen molar-refractivity contribution in [1.82, 2.24) is 9.80 Å². The van der Waals surface area contributed by atoms with Crippen molar-refractivity contribution in [3.63, 3.8) is 0 Å². The summed E-state index contributed by atoms with van der Waals surface area (Å²) in [4.78, 5) is 33.6. The van der Waals surface area contributed by atoms with Crippen molar-refractivity contribution in [3.8, 4) is 0 Å². The first kappa shape index (κ1) is 24.5. The minimum absolute atomic E-state index is 0.0615. The van der Waals surface area contributed by atoms with E-state index in [9.17, 15) is 9.59 Å².